The summed E-state index contributed by atoms with van der Waals surface area (Å²) in [6.07, 6.45) is 0. The zero-order chi connectivity index (χ0) is 13.8. The number of amides is 1. The molecule has 4 nitrogen and oxygen atoms in total. The van der Waals surface area contributed by atoms with Gasteiger partial charge in [-0.05, 0) is 17.7 Å². The number of nitrogens with zero attached hydrogens (tertiary/aromatic N) is 1. The van der Waals surface area contributed by atoms with Gasteiger partial charge < -0.3 is 10.6 Å². The summed E-state index contributed by atoms with van der Waals surface area (Å²) in [7, 11) is 1.59. The first-order chi connectivity index (χ1) is 9.11. The molecule has 1 aromatic carbocycles. The molecule has 0 spiro atoms. The normalized spacial score (nSPS) is 20.3. The van der Waals surface area contributed by atoms with Gasteiger partial charge in [0.1, 0.15) is 6.04 Å². The third kappa shape index (κ3) is 3.27. The largest absolute Gasteiger partial charge is 0.358 e. The van der Waals surface area contributed by atoms with Crippen LogP contribution < -0.4 is 10.6 Å². The first kappa shape index (κ1) is 13.9. The van der Waals surface area contributed by atoms with E-state index >= 15 is 0 Å². The average molecular weight is 269 g/mol. The van der Waals surface area contributed by atoms with Crippen molar-refractivity contribution in [2.75, 3.05) is 26.7 Å². The van der Waals surface area contributed by atoms with E-state index in [-0.39, 0.29) is 11.9 Å². The molecule has 104 valence electrons. The van der Waals surface area contributed by atoms with Gasteiger partial charge in [-0.2, -0.15) is 0 Å². The third-order valence-corrected chi connectivity index (χ3v) is 3.27. The van der Waals surface area contributed by atoms with Crippen molar-refractivity contribution in [2.45, 2.75) is 12.6 Å². The van der Waals surface area contributed by atoms with Crippen LogP contribution in [0.15, 0.2) is 18.2 Å². The Bertz CT molecular complexity index is 467. The monoisotopic (exact) mass is 269 g/mol. The van der Waals surface area contributed by atoms with E-state index in [1.54, 1.807) is 13.1 Å². The highest BCUT2D eigenvalue weighted by Gasteiger charge is 2.27. The lowest BCUT2D eigenvalue weighted by atomic mass is 10.1. The molecule has 2 N–H and O–H groups in total. The SMILES string of the molecule is CNC(=O)C1CNCCN1Cc1ccc(F)c(F)c1. The van der Waals surface area contributed by atoms with Crippen LogP contribution in [-0.2, 0) is 11.3 Å². The van der Waals surface area contributed by atoms with Crippen molar-refractivity contribution in [2.24, 2.45) is 0 Å². The Morgan fingerprint density at radius 1 is 1.47 bits per heavy atom. The van der Waals surface area contributed by atoms with Crippen LogP contribution in [0.4, 0.5) is 8.78 Å². The second-order valence-corrected chi connectivity index (χ2v) is 4.55. The Balaban J connectivity index is 2.10. The summed E-state index contributed by atoms with van der Waals surface area (Å²) < 4.78 is 26.0. The fourth-order valence-corrected chi connectivity index (χ4v) is 2.23. The average Bonchev–Trinajstić information content (AvgIpc) is 2.43. The molecule has 1 aromatic rings. The second-order valence-electron chi connectivity index (χ2n) is 4.55. The van der Waals surface area contributed by atoms with Crippen LogP contribution in [0.25, 0.3) is 0 Å². The zero-order valence-corrected chi connectivity index (χ0v) is 10.7. The second kappa shape index (κ2) is 6.08. The maximum Gasteiger partial charge on any atom is 0.238 e. The van der Waals surface area contributed by atoms with Gasteiger partial charge >= 0.3 is 0 Å². The molecule has 1 aliphatic heterocycles. The molecule has 6 heteroatoms. The maximum absolute atomic E-state index is 13.2. The maximum atomic E-state index is 13.2. The van der Waals surface area contributed by atoms with E-state index in [1.165, 1.54) is 6.07 Å². The summed E-state index contributed by atoms with van der Waals surface area (Å²) in [5, 5.41) is 5.77. The molecule has 1 aliphatic rings. The minimum atomic E-state index is -0.857. The van der Waals surface area contributed by atoms with Crippen LogP contribution in [0.1, 0.15) is 5.56 Å². The highest BCUT2D eigenvalue weighted by molar-refractivity contribution is 5.81. The first-order valence-electron chi connectivity index (χ1n) is 6.22. The Morgan fingerprint density at radius 3 is 2.95 bits per heavy atom. The van der Waals surface area contributed by atoms with Gasteiger partial charge in [0.2, 0.25) is 5.91 Å². The van der Waals surface area contributed by atoms with Crippen LogP contribution in [0.2, 0.25) is 0 Å². The molecular formula is C13H17F2N3O. The van der Waals surface area contributed by atoms with E-state index < -0.39 is 11.6 Å². The predicted molar refractivity (Wildman–Crippen MR) is 67.5 cm³/mol. The lowest BCUT2D eigenvalue weighted by molar-refractivity contribution is -0.126. The van der Waals surface area contributed by atoms with Crippen molar-refractivity contribution in [1.29, 1.82) is 0 Å². The van der Waals surface area contributed by atoms with E-state index in [4.69, 9.17) is 0 Å². The topological polar surface area (TPSA) is 44.4 Å². The molecule has 1 saturated heterocycles. The highest BCUT2D eigenvalue weighted by Crippen LogP contribution is 2.14. The summed E-state index contributed by atoms with van der Waals surface area (Å²) >= 11 is 0. The molecule has 0 aliphatic carbocycles. The number of carbonyl (C=O) groups excluding carboxylic acids is 1. The van der Waals surface area contributed by atoms with Gasteiger partial charge in [0.05, 0.1) is 0 Å². The van der Waals surface area contributed by atoms with Crippen LogP contribution in [0.5, 0.6) is 0 Å². The smallest absolute Gasteiger partial charge is 0.238 e. The summed E-state index contributed by atoms with van der Waals surface area (Å²) in [4.78, 5) is 13.7. The van der Waals surface area contributed by atoms with Gasteiger partial charge in [0, 0.05) is 33.2 Å². The molecule has 2 rings (SSSR count). The van der Waals surface area contributed by atoms with Crippen molar-refractivity contribution in [3.63, 3.8) is 0 Å². The minimum absolute atomic E-state index is 0.0743. The molecule has 0 saturated carbocycles. The first-order valence-corrected chi connectivity index (χ1v) is 6.22. The van der Waals surface area contributed by atoms with Crippen molar-refractivity contribution < 1.29 is 13.6 Å². The fraction of sp³-hybridized carbons (Fsp3) is 0.462. The quantitative estimate of drug-likeness (QED) is 0.839. The van der Waals surface area contributed by atoms with E-state index in [2.05, 4.69) is 10.6 Å². The van der Waals surface area contributed by atoms with Crippen molar-refractivity contribution in [3.05, 3.63) is 35.4 Å². The standard InChI is InChI=1S/C13H17F2N3O/c1-16-13(19)12-7-17-4-5-18(12)8-9-2-3-10(14)11(15)6-9/h2-3,6,12,17H,4-5,7-8H2,1H3,(H,16,19). The van der Waals surface area contributed by atoms with Crippen LogP contribution in [0.3, 0.4) is 0 Å². The summed E-state index contributed by atoms with van der Waals surface area (Å²) in [6.45, 7) is 2.45. The van der Waals surface area contributed by atoms with Crippen molar-refractivity contribution in [3.8, 4) is 0 Å². The van der Waals surface area contributed by atoms with E-state index in [1.807, 2.05) is 4.90 Å². The summed E-state index contributed by atoms with van der Waals surface area (Å²) in [5.41, 5.74) is 0.662. The van der Waals surface area contributed by atoms with Gasteiger partial charge in [-0.1, -0.05) is 6.07 Å². The number of nitrogens with one attached hydrogen (secondary N) is 2. The lowest BCUT2D eigenvalue weighted by Crippen LogP contribution is -2.56. The molecule has 0 radical (unpaired) electrons. The highest BCUT2D eigenvalue weighted by atomic mass is 19.2. The number of rotatable bonds is 3. The minimum Gasteiger partial charge on any atom is -0.358 e. The van der Waals surface area contributed by atoms with Crippen LogP contribution in [-0.4, -0.2) is 43.5 Å². The van der Waals surface area contributed by atoms with Gasteiger partial charge in [-0.15, -0.1) is 0 Å². The molecule has 0 bridgehead atoms. The van der Waals surface area contributed by atoms with E-state index in [9.17, 15) is 13.6 Å². The Hall–Kier alpha value is -1.53. The van der Waals surface area contributed by atoms with Crippen molar-refractivity contribution >= 4 is 5.91 Å². The molecule has 1 unspecified atom stereocenters. The van der Waals surface area contributed by atoms with Crippen LogP contribution in [0, 0.1) is 11.6 Å². The molecule has 1 heterocycles. The zero-order valence-electron chi connectivity index (χ0n) is 10.7. The summed E-state index contributed by atoms with van der Waals surface area (Å²) in [6, 6.07) is 3.55. The van der Waals surface area contributed by atoms with Gasteiger partial charge in [-0.3, -0.25) is 9.69 Å². The molecular weight excluding hydrogens is 252 g/mol. The predicted octanol–water partition coefficient (Wildman–Crippen LogP) is 0.485. The molecule has 1 fully saturated rings. The molecule has 1 atom stereocenters. The number of piperazine rings is 1. The van der Waals surface area contributed by atoms with Gasteiger partial charge in [0.25, 0.3) is 0 Å². The van der Waals surface area contributed by atoms with Crippen LogP contribution >= 0.6 is 0 Å². The number of carbonyl (C=O) groups is 1. The van der Waals surface area contributed by atoms with Gasteiger partial charge in [0.15, 0.2) is 11.6 Å². The Kier molecular flexibility index (Phi) is 4.44. The molecule has 19 heavy (non-hydrogen) atoms. The number of likely N-dealkylation sites (N-methyl/N-ethyl adjacent to an activating group) is 1. The molecule has 1 amide bonds. The van der Waals surface area contributed by atoms with Crippen molar-refractivity contribution in [1.82, 2.24) is 15.5 Å². The Morgan fingerprint density at radius 2 is 2.26 bits per heavy atom. The van der Waals surface area contributed by atoms with Gasteiger partial charge in [-0.25, -0.2) is 8.78 Å². The van der Waals surface area contributed by atoms with E-state index in [0.717, 1.165) is 12.6 Å². The van der Waals surface area contributed by atoms with E-state index in [0.29, 0.717) is 25.2 Å². The fourth-order valence-electron chi connectivity index (χ4n) is 2.23. The Labute approximate surface area is 110 Å². The number of benzene rings is 1. The summed E-state index contributed by atoms with van der Waals surface area (Å²) in [5.74, 6) is -1.79. The number of hydrogen-bond donors (Lipinski definition) is 2. The lowest BCUT2D eigenvalue weighted by Gasteiger charge is -2.34. The third-order valence-electron chi connectivity index (χ3n) is 3.27. The number of hydrogen-bond acceptors (Lipinski definition) is 3. The molecule has 0 aromatic heterocycles. The number of halogens is 2.